The Balaban J connectivity index is 0.00000578. The van der Waals surface area contributed by atoms with Gasteiger partial charge in [-0.25, -0.2) is 0 Å². The lowest BCUT2D eigenvalue weighted by molar-refractivity contribution is -0.903. The van der Waals surface area contributed by atoms with Crippen LogP contribution in [0, 0.1) is 0 Å². The van der Waals surface area contributed by atoms with Gasteiger partial charge in [0.05, 0.1) is 48.0 Å². The van der Waals surface area contributed by atoms with Crippen LogP contribution in [0.3, 0.4) is 0 Å². The van der Waals surface area contributed by atoms with Gasteiger partial charge in [0.2, 0.25) is 0 Å². The Morgan fingerprint density at radius 1 is 0.714 bits per heavy atom. The molecule has 5 nitrogen and oxygen atoms in total. The number of hydrogen-bond donors (Lipinski definition) is 2. The molecule has 2 rings (SSSR count). The molecule has 0 saturated carbocycles. The van der Waals surface area contributed by atoms with Gasteiger partial charge in [0.25, 0.3) is 0 Å². The van der Waals surface area contributed by atoms with Crippen molar-refractivity contribution in [3.05, 3.63) is 53.6 Å². The molecule has 2 aromatic carbocycles. The van der Waals surface area contributed by atoms with Crippen molar-refractivity contribution in [3.63, 3.8) is 0 Å². The molecule has 0 aliphatic rings. The molecule has 7 heteroatoms. The molecular weight excluding hydrogens is 483 g/mol. The highest BCUT2D eigenvalue weighted by Gasteiger charge is 2.18. The van der Waals surface area contributed by atoms with Crippen molar-refractivity contribution in [2.75, 3.05) is 61.1 Å². The largest absolute Gasteiger partial charge is 1.00 e. The molecule has 0 amide bonds. The molecule has 2 N–H and O–H groups in total. The molecule has 2 aromatic rings. The lowest BCUT2D eigenvalue weighted by Crippen LogP contribution is -3.00. The van der Waals surface area contributed by atoms with E-state index in [1.807, 2.05) is 0 Å². The fourth-order valence-electron chi connectivity index (χ4n) is 4.21. The Kier molecular flexibility index (Phi) is 15.8. The SMILES string of the molecule is CCCCCCOc1cc(C[N+](C)(C)CCO)ccc1-c1ccc(C[N+](C)(C)CCO)cc1.[Cl-].[Cl-]. The summed E-state index contributed by atoms with van der Waals surface area (Å²) >= 11 is 0. The predicted molar refractivity (Wildman–Crippen MR) is 137 cm³/mol. The third-order valence-electron chi connectivity index (χ3n) is 6.20. The maximum atomic E-state index is 9.38. The van der Waals surface area contributed by atoms with Gasteiger partial charge in [-0.1, -0.05) is 62.6 Å². The van der Waals surface area contributed by atoms with Crippen LogP contribution in [0.2, 0.25) is 0 Å². The molecule has 0 aliphatic heterocycles. The molecule has 0 spiro atoms. The normalized spacial score (nSPS) is 11.5. The summed E-state index contributed by atoms with van der Waals surface area (Å²) in [5, 5.41) is 18.7. The van der Waals surface area contributed by atoms with Crippen LogP contribution >= 0.6 is 0 Å². The first-order valence-corrected chi connectivity index (χ1v) is 12.4. The van der Waals surface area contributed by atoms with E-state index in [4.69, 9.17) is 4.74 Å². The summed E-state index contributed by atoms with van der Waals surface area (Å²) in [7, 11) is 8.57. The average molecular weight is 530 g/mol. The van der Waals surface area contributed by atoms with Crippen molar-refractivity contribution < 1.29 is 48.7 Å². The number of nitrogens with zero attached hydrogens (tertiary/aromatic N) is 2. The first-order valence-electron chi connectivity index (χ1n) is 12.4. The molecule has 200 valence electrons. The maximum Gasteiger partial charge on any atom is 0.127 e. The monoisotopic (exact) mass is 528 g/mol. The summed E-state index contributed by atoms with van der Waals surface area (Å²) in [4.78, 5) is 0. The number of halogens is 2. The summed E-state index contributed by atoms with van der Waals surface area (Å²) in [6.07, 6.45) is 4.73. The quantitative estimate of drug-likeness (QED) is 0.217. The first kappa shape index (κ1) is 33.7. The van der Waals surface area contributed by atoms with Gasteiger partial charge in [-0.05, 0) is 18.1 Å². The average Bonchev–Trinajstić information content (AvgIpc) is 2.74. The Labute approximate surface area is 225 Å². The number of aliphatic hydroxyl groups is 2. The number of benzene rings is 2. The van der Waals surface area contributed by atoms with E-state index in [2.05, 4.69) is 77.6 Å². The number of likely N-dealkylation sites (N-methyl/N-ethyl adjacent to an activating group) is 2. The molecule has 35 heavy (non-hydrogen) atoms. The van der Waals surface area contributed by atoms with Gasteiger partial charge in [0.15, 0.2) is 0 Å². The second-order valence-electron chi connectivity index (χ2n) is 10.5. The second kappa shape index (κ2) is 16.4. The van der Waals surface area contributed by atoms with Crippen LogP contribution in [0.5, 0.6) is 5.75 Å². The highest BCUT2D eigenvalue weighted by molar-refractivity contribution is 5.71. The van der Waals surface area contributed by atoms with E-state index in [-0.39, 0.29) is 38.0 Å². The van der Waals surface area contributed by atoms with Crippen molar-refractivity contribution >= 4 is 0 Å². The van der Waals surface area contributed by atoms with Gasteiger partial charge in [-0.3, -0.25) is 0 Å². The molecule has 0 aromatic heterocycles. The van der Waals surface area contributed by atoms with E-state index in [1.54, 1.807) is 0 Å². The van der Waals surface area contributed by atoms with Gasteiger partial charge in [0.1, 0.15) is 31.9 Å². The smallest absolute Gasteiger partial charge is 0.127 e. The van der Waals surface area contributed by atoms with Gasteiger partial charge >= 0.3 is 0 Å². The predicted octanol–water partition coefficient (Wildman–Crippen LogP) is -1.54. The number of hydrogen-bond acceptors (Lipinski definition) is 3. The van der Waals surface area contributed by atoms with E-state index >= 15 is 0 Å². The van der Waals surface area contributed by atoms with Crippen molar-refractivity contribution in [2.24, 2.45) is 0 Å². The molecule has 0 radical (unpaired) electrons. The molecule has 0 aliphatic carbocycles. The van der Waals surface area contributed by atoms with Crippen molar-refractivity contribution in [1.29, 1.82) is 0 Å². The first-order chi connectivity index (χ1) is 15.7. The van der Waals surface area contributed by atoms with Gasteiger partial charge in [0, 0.05) is 16.7 Å². The van der Waals surface area contributed by atoms with Crippen LogP contribution in [-0.2, 0) is 13.1 Å². The van der Waals surface area contributed by atoms with Gasteiger partial charge in [-0.2, -0.15) is 0 Å². The Morgan fingerprint density at radius 2 is 1.26 bits per heavy atom. The van der Waals surface area contributed by atoms with Crippen LogP contribution in [0.15, 0.2) is 42.5 Å². The van der Waals surface area contributed by atoms with E-state index in [1.165, 1.54) is 30.4 Å². The standard InChI is InChI=1S/C28H46N2O3.2ClH/c1-6-7-8-9-20-33-28-21-25(23-30(4,5)17-19-32)12-15-27(28)26-13-10-24(11-14-26)22-29(2,3)16-18-31;;/h10-15,21,31-32H,6-9,16-20,22-23H2,1-5H3;2*1H/q+2;;/p-2. The minimum absolute atomic E-state index is 0. The second-order valence-corrected chi connectivity index (χ2v) is 10.5. The molecule has 0 heterocycles. The lowest BCUT2D eigenvalue weighted by Gasteiger charge is -2.29. The fraction of sp³-hybridized carbons (Fsp3) is 0.571. The zero-order valence-electron chi connectivity index (χ0n) is 22.3. The van der Waals surface area contributed by atoms with Crippen molar-refractivity contribution in [2.45, 2.75) is 45.7 Å². The molecule has 0 saturated heterocycles. The molecule has 0 fully saturated rings. The van der Waals surface area contributed by atoms with Crippen LogP contribution in [-0.4, -0.2) is 80.3 Å². The molecule has 0 unspecified atom stereocenters. The number of rotatable bonds is 15. The van der Waals surface area contributed by atoms with Crippen molar-refractivity contribution in [3.8, 4) is 16.9 Å². The number of unbranched alkanes of at least 4 members (excludes halogenated alkanes) is 3. The van der Waals surface area contributed by atoms with E-state index < -0.39 is 0 Å². The van der Waals surface area contributed by atoms with Gasteiger partial charge in [-0.15, -0.1) is 0 Å². The third kappa shape index (κ3) is 12.0. The zero-order chi connectivity index (χ0) is 24.3. The summed E-state index contributed by atoms with van der Waals surface area (Å²) in [5.41, 5.74) is 4.77. The summed E-state index contributed by atoms with van der Waals surface area (Å²) in [6.45, 7) is 6.54. The summed E-state index contributed by atoms with van der Waals surface area (Å²) in [5.74, 6) is 0.942. The molecule has 0 atom stereocenters. The summed E-state index contributed by atoms with van der Waals surface area (Å²) in [6, 6.07) is 15.3. The third-order valence-corrected chi connectivity index (χ3v) is 6.20. The van der Waals surface area contributed by atoms with Crippen molar-refractivity contribution in [1.82, 2.24) is 0 Å². The highest BCUT2D eigenvalue weighted by atomic mass is 35.5. The van der Waals surface area contributed by atoms with Crippen LogP contribution in [0.25, 0.3) is 11.1 Å². The van der Waals surface area contributed by atoms with E-state index in [0.29, 0.717) is 0 Å². The van der Waals surface area contributed by atoms with Crippen LogP contribution < -0.4 is 29.6 Å². The van der Waals surface area contributed by atoms with Gasteiger partial charge < -0.3 is 48.7 Å². The lowest BCUT2D eigenvalue weighted by atomic mass is 10.0. The van der Waals surface area contributed by atoms with E-state index in [9.17, 15) is 10.2 Å². The molecule has 0 bridgehead atoms. The Hall–Kier alpha value is -1.34. The fourth-order valence-corrected chi connectivity index (χ4v) is 4.21. The molecular formula is C28H46Cl2N2O3. The highest BCUT2D eigenvalue weighted by Crippen LogP contribution is 2.32. The topological polar surface area (TPSA) is 49.7 Å². The zero-order valence-corrected chi connectivity index (χ0v) is 23.8. The van der Waals surface area contributed by atoms with E-state index in [0.717, 1.165) is 65.0 Å². The number of quaternary nitrogens is 2. The Bertz CT molecular complexity index is 843. The number of ether oxygens (including phenoxy) is 1. The minimum Gasteiger partial charge on any atom is -1.00 e. The van der Waals surface area contributed by atoms with Crippen LogP contribution in [0.4, 0.5) is 0 Å². The maximum absolute atomic E-state index is 9.38. The van der Waals surface area contributed by atoms with Crippen LogP contribution in [0.1, 0.15) is 43.7 Å². The minimum atomic E-state index is 0. The Morgan fingerprint density at radius 3 is 1.80 bits per heavy atom. The number of aliphatic hydroxyl groups excluding tert-OH is 2. The summed E-state index contributed by atoms with van der Waals surface area (Å²) < 4.78 is 7.81.